The number of hydrogen-bond acceptors (Lipinski definition) is 2. The highest BCUT2D eigenvalue weighted by Crippen LogP contribution is 2.17. The third-order valence-electron chi connectivity index (χ3n) is 3.99. The van der Waals surface area contributed by atoms with E-state index < -0.39 is 0 Å². The van der Waals surface area contributed by atoms with Crippen LogP contribution < -0.4 is 10.6 Å². The number of nitrogens with one attached hydrogen (secondary N) is 2. The molecule has 3 rings (SSSR count). The molecular weight excluding hydrogens is 360 g/mol. The van der Waals surface area contributed by atoms with Gasteiger partial charge in [-0.05, 0) is 54.4 Å². The van der Waals surface area contributed by atoms with Crippen LogP contribution in [0.1, 0.15) is 22.3 Å². The standard InChI is InChI=1S/C22H19ClN2O2/c23-18-12-10-17(11-13-18)22(27)25-20-8-4-7-19(15-20)24-21(26)14-9-16-5-2-1-3-6-16/h1-8,10-13,15H,9,14H2,(H,24,26)(H,25,27). The molecule has 2 amide bonds. The maximum atomic E-state index is 12.3. The van der Waals surface area contributed by atoms with Gasteiger partial charge in [0.15, 0.2) is 0 Å². The van der Waals surface area contributed by atoms with Crippen LogP contribution in [-0.2, 0) is 11.2 Å². The molecule has 27 heavy (non-hydrogen) atoms. The van der Waals surface area contributed by atoms with E-state index in [0.717, 1.165) is 5.56 Å². The zero-order valence-electron chi connectivity index (χ0n) is 14.6. The van der Waals surface area contributed by atoms with Crippen molar-refractivity contribution in [1.82, 2.24) is 0 Å². The van der Waals surface area contributed by atoms with E-state index in [1.807, 2.05) is 30.3 Å². The van der Waals surface area contributed by atoms with Gasteiger partial charge in [0.25, 0.3) is 5.91 Å². The van der Waals surface area contributed by atoms with Gasteiger partial charge in [0.1, 0.15) is 0 Å². The Morgan fingerprint density at radius 3 is 2.15 bits per heavy atom. The molecule has 0 aliphatic rings. The van der Waals surface area contributed by atoms with Gasteiger partial charge >= 0.3 is 0 Å². The molecule has 0 heterocycles. The predicted molar refractivity (Wildman–Crippen MR) is 109 cm³/mol. The highest BCUT2D eigenvalue weighted by molar-refractivity contribution is 6.30. The van der Waals surface area contributed by atoms with Crippen LogP contribution in [0.5, 0.6) is 0 Å². The molecule has 0 bridgehead atoms. The lowest BCUT2D eigenvalue weighted by Gasteiger charge is -2.09. The summed E-state index contributed by atoms with van der Waals surface area (Å²) in [6, 6.07) is 23.6. The van der Waals surface area contributed by atoms with Crippen LogP contribution in [-0.4, -0.2) is 11.8 Å². The Labute approximate surface area is 163 Å². The summed E-state index contributed by atoms with van der Waals surface area (Å²) in [7, 11) is 0. The quantitative estimate of drug-likeness (QED) is 0.622. The monoisotopic (exact) mass is 378 g/mol. The maximum absolute atomic E-state index is 12.3. The summed E-state index contributed by atoms with van der Waals surface area (Å²) < 4.78 is 0. The first-order valence-electron chi connectivity index (χ1n) is 8.61. The van der Waals surface area contributed by atoms with Crippen molar-refractivity contribution >= 4 is 34.8 Å². The van der Waals surface area contributed by atoms with E-state index >= 15 is 0 Å². The van der Waals surface area contributed by atoms with Crippen LogP contribution in [0.4, 0.5) is 11.4 Å². The molecule has 0 aromatic heterocycles. The average molecular weight is 379 g/mol. The number of rotatable bonds is 6. The summed E-state index contributed by atoms with van der Waals surface area (Å²) >= 11 is 5.84. The molecular formula is C22H19ClN2O2. The van der Waals surface area contributed by atoms with Crippen molar-refractivity contribution in [1.29, 1.82) is 0 Å². The van der Waals surface area contributed by atoms with Crippen LogP contribution in [0.15, 0.2) is 78.9 Å². The maximum Gasteiger partial charge on any atom is 0.255 e. The molecule has 0 atom stereocenters. The third kappa shape index (κ3) is 5.69. The highest BCUT2D eigenvalue weighted by atomic mass is 35.5. The van der Waals surface area contributed by atoms with Gasteiger partial charge in [-0.3, -0.25) is 9.59 Å². The molecule has 2 N–H and O–H groups in total. The molecule has 0 fully saturated rings. The molecule has 0 saturated heterocycles. The topological polar surface area (TPSA) is 58.2 Å². The Balaban J connectivity index is 1.57. The van der Waals surface area contributed by atoms with Crippen molar-refractivity contribution < 1.29 is 9.59 Å². The van der Waals surface area contributed by atoms with Gasteiger partial charge in [0.2, 0.25) is 5.91 Å². The molecule has 0 unspecified atom stereocenters. The van der Waals surface area contributed by atoms with Gasteiger partial charge in [0.05, 0.1) is 0 Å². The summed E-state index contributed by atoms with van der Waals surface area (Å²) in [5.41, 5.74) is 2.88. The molecule has 136 valence electrons. The Bertz CT molecular complexity index is 925. The minimum Gasteiger partial charge on any atom is -0.326 e. The third-order valence-corrected chi connectivity index (χ3v) is 4.25. The van der Waals surface area contributed by atoms with Gasteiger partial charge in [0, 0.05) is 28.4 Å². The van der Waals surface area contributed by atoms with Crippen LogP contribution in [0, 0.1) is 0 Å². The summed E-state index contributed by atoms with van der Waals surface area (Å²) in [5, 5.41) is 6.26. The van der Waals surface area contributed by atoms with Crippen molar-refractivity contribution in [2.45, 2.75) is 12.8 Å². The van der Waals surface area contributed by atoms with Crippen molar-refractivity contribution in [2.75, 3.05) is 10.6 Å². The zero-order valence-corrected chi connectivity index (χ0v) is 15.4. The Kier molecular flexibility index (Phi) is 6.23. The van der Waals surface area contributed by atoms with Crippen LogP contribution in [0.25, 0.3) is 0 Å². The minimum atomic E-state index is -0.237. The second-order valence-corrected chi connectivity index (χ2v) is 6.51. The molecule has 0 radical (unpaired) electrons. The van der Waals surface area contributed by atoms with E-state index in [9.17, 15) is 9.59 Å². The van der Waals surface area contributed by atoms with E-state index in [-0.39, 0.29) is 11.8 Å². The van der Waals surface area contributed by atoms with Crippen LogP contribution >= 0.6 is 11.6 Å². The number of halogens is 1. The molecule has 0 aliphatic heterocycles. The first-order valence-corrected chi connectivity index (χ1v) is 8.99. The molecule has 0 spiro atoms. The highest BCUT2D eigenvalue weighted by Gasteiger charge is 2.08. The summed E-state index contributed by atoms with van der Waals surface area (Å²) in [6.07, 6.45) is 1.07. The van der Waals surface area contributed by atoms with E-state index in [2.05, 4.69) is 10.6 Å². The number of carbonyl (C=O) groups is 2. The Morgan fingerprint density at radius 2 is 1.44 bits per heavy atom. The zero-order chi connectivity index (χ0) is 19.1. The first kappa shape index (κ1) is 18.7. The first-order chi connectivity index (χ1) is 13.1. The number of carbonyl (C=O) groups excluding carboxylic acids is 2. The largest absolute Gasteiger partial charge is 0.326 e. The fourth-order valence-electron chi connectivity index (χ4n) is 2.61. The fraction of sp³-hybridized carbons (Fsp3) is 0.0909. The lowest BCUT2D eigenvalue weighted by Crippen LogP contribution is -2.14. The van der Waals surface area contributed by atoms with E-state index in [1.54, 1.807) is 48.5 Å². The molecule has 0 saturated carbocycles. The molecule has 3 aromatic rings. The van der Waals surface area contributed by atoms with E-state index in [4.69, 9.17) is 11.6 Å². The van der Waals surface area contributed by atoms with Crippen LogP contribution in [0.2, 0.25) is 5.02 Å². The van der Waals surface area contributed by atoms with Crippen molar-refractivity contribution in [3.63, 3.8) is 0 Å². The number of benzene rings is 3. The normalized spacial score (nSPS) is 10.3. The molecule has 5 heteroatoms. The minimum absolute atomic E-state index is 0.0694. The van der Waals surface area contributed by atoms with E-state index in [1.165, 1.54) is 0 Å². The predicted octanol–water partition coefficient (Wildman–Crippen LogP) is 5.16. The number of anilines is 2. The van der Waals surface area contributed by atoms with Crippen molar-refractivity contribution in [3.05, 3.63) is 95.0 Å². The number of hydrogen-bond donors (Lipinski definition) is 2. The van der Waals surface area contributed by atoms with Crippen molar-refractivity contribution in [3.8, 4) is 0 Å². The Hall–Kier alpha value is -3.11. The molecule has 0 aliphatic carbocycles. The molecule has 3 aromatic carbocycles. The fourth-order valence-corrected chi connectivity index (χ4v) is 2.73. The number of aryl methyl sites for hydroxylation is 1. The van der Waals surface area contributed by atoms with Crippen LogP contribution in [0.3, 0.4) is 0 Å². The van der Waals surface area contributed by atoms with Gasteiger partial charge in [-0.1, -0.05) is 48.0 Å². The lowest BCUT2D eigenvalue weighted by molar-refractivity contribution is -0.116. The second kappa shape index (κ2) is 9.01. The SMILES string of the molecule is O=C(CCc1ccccc1)Nc1cccc(NC(=O)c2ccc(Cl)cc2)c1. The summed E-state index contributed by atoms with van der Waals surface area (Å²) in [6.45, 7) is 0. The van der Waals surface area contributed by atoms with Crippen molar-refractivity contribution in [2.24, 2.45) is 0 Å². The summed E-state index contributed by atoms with van der Waals surface area (Å²) in [5.74, 6) is -0.306. The molecule has 4 nitrogen and oxygen atoms in total. The van der Waals surface area contributed by atoms with Gasteiger partial charge in [-0.2, -0.15) is 0 Å². The average Bonchev–Trinajstić information content (AvgIpc) is 2.68. The smallest absolute Gasteiger partial charge is 0.255 e. The van der Waals surface area contributed by atoms with Gasteiger partial charge in [-0.15, -0.1) is 0 Å². The van der Waals surface area contributed by atoms with E-state index in [0.29, 0.717) is 34.8 Å². The van der Waals surface area contributed by atoms with Gasteiger partial charge < -0.3 is 10.6 Å². The Morgan fingerprint density at radius 1 is 0.778 bits per heavy atom. The summed E-state index contributed by atoms with van der Waals surface area (Å²) in [4.78, 5) is 24.4. The second-order valence-electron chi connectivity index (χ2n) is 6.08. The van der Waals surface area contributed by atoms with Gasteiger partial charge in [-0.25, -0.2) is 0 Å². The lowest BCUT2D eigenvalue weighted by atomic mass is 10.1. The number of amides is 2.